The fourth-order valence-electron chi connectivity index (χ4n) is 7.12. The summed E-state index contributed by atoms with van der Waals surface area (Å²) in [5.41, 5.74) is 2.00. The molecule has 1 amide bonds. The normalized spacial score (nSPS) is 22.9. The Balaban J connectivity index is 1.51. The lowest BCUT2D eigenvalue weighted by Crippen LogP contribution is -2.49. The van der Waals surface area contributed by atoms with Crippen molar-refractivity contribution in [3.63, 3.8) is 0 Å². The van der Waals surface area contributed by atoms with Gasteiger partial charge in [-0.1, -0.05) is 42.5 Å². The number of methoxy groups -OCH3 is 2. The quantitative estimate of drug-likeness (QED) is 0.292. The van der Waals surface area contributed by atoms with Crippen molar-refractivity contribution < 1.29 is 28.2 Å². The number of ether oxygens (including phenoxy) is 2. The van der Waals surface area contributed by atoms with E-state index in [0.29, 0.717) is 28.3 Å². The van der Waals surface area contributed by atoms with Gasteiger partial charge in [0.05, 0.1) is 26.2 Å². The SMILES string of the molecule is COc1ccc(C(=O)[C@@H]2[C@H](C(=O)c3ccc(F)cc3)[C@@]3(C(=O)Nc4ccccc43)[C@H]3c4ccccc4C=CN23)cc1OC. The van der Waals surface area contributed by atoms with Gasteiger partial charge in [-0.2, -0.15) is 0 Å². The standard InChI is InChI=1S/C35H27FN2O5/c1-42-27-16-13-22(19-28(27)43-2)32(40)30-29(31(39)21-11-14-23(36)15-12-21)35(25-9-5-6-10-26(25)37-34(35)41)33-24-8-4-3-7-20(24)17-18-38(30)33/h3-19,29-30,33H,1-2H3,(H,37,41)/t29-,30+,33-,35-/m1/s1. The Morgan fingerprint density at radius 3 is 2.30 bits per heavy atom. The van der Waals surface area contributed by atoms with E-state index < -0.39 is 35.0 Å². The van der Waals surface area contributed by atoms with E-state index in [1.807, 2.05) is 59.6 Å². The maximum Gasteiger partial charge on any atom is 0.238 e. The van der Waals surface area contributed by atoms with E-state index in [4.69, 9.17) is 9.47 Å². The van der Waals surface area contributed by atoms with Crippen LogP contribution in [0.2, 0.25) is 0 Å². The first-order valence-corrected chi connectivity index (χ1v) is 13.9. The van der Waals surface area contributed by atoms with Gasteiger partial charge in [0, 0.05) is 23.0 Å². The van der Waals surface area contributed by atoms with Gasteiger partial charge in [0.15, 0.2) is 23.1 Å². The summed E-state index contributed by atoms with van der Waals surface area (Å²) in [5, 5.41) is 3.02. The summed E-state index contributed by atoms with van der Waals surface area (Å²) in [5.74, 6) is -1.98. The molecular weight excluding hydrogens is 547 g/mol. The van der Waals surface area contributed by atoms with E-state index in [1.54, 1.807) is 24.3 Å². The fourth-order valence-corrected chi connectivity index (χ4v) is 7.12. The largest absolute Gasteiger partial charge is 0.493 e. The molecule has 0 radical (unpaired) electrons. The van der Waals surface area contributed by atoms with Crippen molar-refractivity contribution in [2.75, 3.05) is 19.5 Å². The average molecular weight is 575 g/mol. The van der Waals surface area contributed by atoms with Gasteiger partial charge in [0.1, 0.15) is 17.3 Å². The summed E-state index contributed by atoms with van der Waals surface area (Å²) in [6.45, 7) is 0. The first kappa shape index (κ1) is 26.6. The van der Waals surface area contributed by atoms with E-state index in [0.717, 1.165) is 11.1 Å². The highest BCUT2D eigenvalue weighted by atomic mass is 19.1. The number of nitrogens with one attached hydrogen (secondary N) is 1. The highest BCUT2D eigenvalue weighted by Gasteiger charge is 2.70. The highest BCUT2D eigenvalue weighted by Crippen LogP contribution is 2.62. The number of hydrogen-bond donors (Lipinski definition) is 1. The number of halogens is 1. The number of nitrogens with zero attached hydrogens (tertiary/aromatic N) is 1. The maximum atomic E-state index is 14.7. The maximum absolute atomic E-state index is 14.7. The van der Waals surface area contributed by atoms with Crippen LogP contribution in [0.3, 0.4) is 0 Å². The molecule has 8 heteroatoms. The number of anilines is 1. The minimum atomic E-state index is -1.47. The summed E-state index contributed by atoms with van der Waals surface area (Å²) in [7, 11) is 2.99. The second-order valence-corrected chi connectivity index (χ2v) is 10.9. The van der Waals surface area contributed by atoms with Crippen LogP contribution in [0, 0.1) is 11.7 Å². The molecule has 1 saturated heterocycles. The molecule has 3 heterocycles. The number of amides is 1. The van der Waals surface area contributed by atoms with Gasteiger partial charge in [-0.05, 0) is 71.3 Å². The van der Waals surface area contributed by atoms with Crippen LogP contribution < -0.4 is 14.8 Å². The smallest absolute Gasteiger partial charge is 0.238 e. The zero-order valence-electron chi connectivity index (χ0n) is 23.4. The molecule has 214 valence electrons. The molecule has 0 bridgehead atoms. The van der Waals surface area contributed by atoms with Crippen LogP contribution in [0.1, 0.15) is 43.4 Å². The third kappa shape index (κ3) is 3.75. The van der Waals surface area contributed by atoms with Crippen molar-refractivity contribution in [3.8, 4) is 11.5 Å². The van der Waals surface area contributed by atoms with Gasteiger partial charge < -0.3 is 19.7 Å². The Kier molecular flexibility index (Phi) is 6.16. The lowest BCUT2D eigenvalue weighted by Gasteiger charge is -2.38. The number of fused-ring (bicyclic) bond motifs is 6. The number of para-hydroxylation sites is 1. The number of benzene rings is 4. The molecule has 43 heavy (non-hydrogen) atoms. The molecule has 0 unspecified atom stereocenters. The topological polar surface area (TPSA) is 84.9 Å². The zero-order valence-corrected chi connectivity index (χ0v) is 23.4. The van der Waals surface area contributed by atoms with Crippen LogP contribution in [-0.4, -0.2) is 42.6 Å². The predicted octanol–water partition coefficient (Wildman–Crippen LogP) is 5.82. The number of carbonyl (C=O) groups excluding carboxylic acids is 3. The molecule has 4 aromatic carbocycles. The Morgan fingerprint density at radius 1 is 0.837 bits per heavy atom. The van der Waals surface area contributed by atoms with Crippen molar-refractivity contribution in [2.24, 2.45) is 5.92 Å². The Labute approximate surface area is 247 Å². The predicted molar refractivity (Wildman–Crippen MR) is 159 cm³/mol. The average Bonchev–Trinajstić information content (AvgIpc) is 3.52. The van der Waals surface area contributed by atoms with Crippen molar-refractivity contribution in [2.45, 2.75) is 17.5 Å². The Bertz CT molecular complexity index is 1830. The first-order chi connectivity index (χ1) is 20.9. The van der Waals surface area contributed by atoms with Gasteiger partial charge in [0.2, 0.25) is 5.91 Å². The van der Waals surface area contributed by atoms with E-state index in [9.17, 15) is 18.8 Å². The third-order valence-corrected chi connectivity index (χ3v) is 8.92. The van der Waals surface area contributed by atoms with Crippen molar-refractivity contribution >= 4 is 29.2 Å². The molecule has 3 aliphatic heterocycles. The number of hydrogen-bond acceptors (Lipinski definition) is 6. The number of carbonyl (C=O) groups is 3. The molecular formula is C35H27FN2O5. The highest BCUT2D eigenvalue weighted by molar-refractivity contribution is 6.16. The molecule has 0 aliphatic carbocycles. The molecule has 3 aliphatic rings. The Hall–Kier alpha value is -5.24. The molecule has 4 atom stereocenters. The minimum absolute atomic E-state index is 0.213. The second-order valence-electron chi connectivity index (χ2n) is 10.9. The lowest BCUT2D eigenvalue weighted by molar-refractivity contribution is -0.122. The molecule has 0 saturated carbocycles. The van der Waals surface area contributed by atoms with Crippen LogP contribution in [0.25, 0.3) is 6.08 Å². The molecule has 1 spiro atoms. The van der Waals surface area contributed by atoms with Crippen LogP contribution >= 0.6 is 0 Å². The molecule has 1 fully saturated rings. The van der Waals surface area contributed by atoms with Crippen LogP contribution in [0.5, 0.6) is 11.5 Å². The monoisotopic (exact) mass is 574 g/mol. The lowest BCUT2D eigenvalue weighted by atomic mass is 9.62. The number of Topliss-reactive ketones (excluding diaryl/α,β-unsaturated/α-hetero) is 2. The third-order valence-electron chi connectivity index (χ3n) is 8.92. The summed E-state index contributed by atoms with van der Waals surface area (Å²) in [4.78, 5) is 45.8. The first-order valence-electron chi connectivity index (χ1n) is 13.9. The summed E-state index contributed by atoms with van der Waals surface area (Å²) >= 11 is 0. The van der Waals surface area contributed by atoms with Gasteiger partial charge in [0.25, 0.3) is 0 Å². The van der Waals surface area contributed by atoms with E-state index in [-0.39, 0.29) is 17.3 Å². The summed E-state index contributed by atoms with van der Waals surface area (Å²) in [6.07, 6.45) is 3.71. The molecule has 7 nitrogen and oxygen atoms in total. The van der Waals surface area contributed by atoms with Crippen LogP contribution in [0.4, 0.5) is 10.1 Å². The Morgan fingerprint density at radius 2 is 1.53 bits per heavy atom. The van der Waals surface area contributed by atoms with E-state index in [2.05, 4.69) is 5.32 Å². The molecule has 4 aromatic rings. The summed E-state index contributed by atoms with van der Waals surface area (Å²) < 4.78 is 24.8. The van der Waals surface area contributed by atoms with Gasteiger partial charge >= 0.3 is 0 Å². The van der Waals surface area contributed by atoms with Crippen LogP contribution in [0.15, 0.2) is 97.2 Å². The van der Waals surface area contributed by atoms with Crippen molar-refractivity contribution in [3.05, 3.63) is 131 Å². The summed E-state index contributed by atoms with van der Waals surface area (Å²) in [6, 6.07) is 23.3. The molecule has 7 rings (SSSR count). The zero-order chi connectivity index (χ0) is 29.9. The second kappa shape index (κ2) is 9.94. The van der Waals surface area contributed by atoms with Gasteiger partial charge in [-0.15, -0.1) is 0 Å². The minimum Gasteiger partial charge on any atom is -0.493 e. The van der Waals surface area contributed by atoms with Crippen molar-refractivity contribution in [1.82, 2.24) is 4.90 Å². The van der Waals surface area contributed by atoms with E-state index in [1.165, 1.54) is 38.5 Å². The fraction of sp³-hybridized carbons (Fsp3) is 0.171. The molecule has 1 N–H and O–H groups in total. The van der Waals surface area contributed by atoms with Crippen LogP contribution in [-0.2, 0) is 10.2 Å². The van der Waals surface area contributed by atoms with E-state index >= 15 is 0 Å². The van der Waals surface area contributed by atoms with Gasteiger partial charge in [-0.25, -0.2) is 4.39 Å². The molecule has 0 aromatic heterocycles. The van der Waals surface area contributed by atoms with Gasteiger partial charge in [-0.3, -0.25) is 14.4 Å². The van der Waals surface area contributed by atoms with Crippen molar-refractivity contribution in [1.29, 1.82) is 0 Å². The number of ketones is 2. The number of rotatable bonds is 6.